The van der Waals surface area contributed by atoms with Gasteiger partial charge in [0.05, 0.1) is 0 Å². The maximum Gasteiger partial charge on any atom is 0.136 e. The van der Waals surface area contributed by atoms with Gasteiger partial charge in [0.1, 0.15) is 5.82 Å². The van der Waals surface area contributed by atoms with Crippen molar-refractivity contribution in [2.75, 3.05) is 25.4 Å². The number of hydrogen-bond acceptors (Lipinski definition) is 3. The lowest BCUT2D eigenvalue weighted by Gasteiger charge is -2.37. The molecule has 0 unspecified atom stereocenters. The van der Waals surface area contributed by atoms with Gasteiger partial charge in [-0.1, -0.05) is 18.6 Å². The number of thioether (sulfide) groups is 1. The predicted molar refractivity (Wildman–Crippen MR) is 78.0 cm³/mol. The highest BCUT2D eigenvalue weighted by Gasteiger charge is 2.24. The quantitative estimate of drug-likeness (QED) is 0.741. The lowest BCUT2D eigenvalue weighted by Crippen LogP contribution is -2.42. The van der Waals surface area contributed by atoms with E-state index in [0.29, 0.717) is 6.04 Å². The smallest absolute Gasteiger partial charge is 0.136 e. The minimum Gasteiger partial charge on any atom is -0.396 e. The maximum atomic E-state index is 13.5. The van der Waals surface area contributed by atoms with Crippen LogP contribution in [0.2, 0.25) is 0 Å². The first-order chi connectivity index (χ1) is 9.31. The van der Waals surface area contributed by atoms with E-state index in [1.807, 2.05) is 12.1 Å². The fourth-order valence-electron chi connectivity index (χ4n) is 2.34. The molecule has 0 atom stereocenters. The van der Waals surface area contributed by atoms with Crippen molar-refractivity contribution in [2.45, 2.75) is 36.6 Å². The van der Waals surface area contributed by atoms with Gasteiger partial charge in [-0.15, -0.1) is 11.8 Å². The molecule has 0 aromatic heterocycles. The summed E-state index contributed by atoms with van der Waals surface area (Å²) in [6, 6.07) is 7.63. The van der Waals surface area contributed by atoms with Gasteiger partial charge in [-0.2, -0.15) is 0 Å². The Morgan fingerprint density at radius 3 is 2.68 bits per heavy atom. The molecule has 1 fully saturated rings. The maximum absolute atomic E-state index is 13.5. The molecular weight excluding hydrogens is 261 g/mol. The van der Waals surface area contributed by atoms with E-state index in [0.717, 1.165) is 30.2 Å². The largest absolute Gasteiger partial charge is 0.396 e. The number of hydrogen-bond donors (Lipinski definition) is 1. The Morgan fingerprint density at radius 2 is 2.05 bits per heavy atom. The van der Waals surface area contributed by atoms with Gasteiger partial charge in [-0.25, -0.2) is 4.39 Å². The molecule has 1 aliphatic rings. The van der Waals surface area contributed by atoms with Gasteiger partial charge in [0.15, 0.2) is 0 Å². The third-order valence-corrected chi connectivity index (χ3v) is 4.70. The van der Waals surface area contributed by atoms with Gasteiger partial charge in [0.25, 0.3) is 0 Å². The second-order valence-corrected chi connectivity index (χ2v) is 6.11. The number of halogens is 1. The van der Waals surface area contributed by atoms with Gasteiger partial charge in [0, 0.05) is 36.4 Å². The summed E-state index contributed by atoms with van der Waals surface area (Å²) in [7, 11) is 0. The van der Waals surface area contributed by atoms with Crippen molar-refractivity contribution in [3.8, 4) is 0 Å². The van der Waals surface area contributed by atoms with E-state index in [9.17, 15) is 4.39 Å². The molecule has 0 spiro atoms. The molecule has 2 nitrogen and oxygen atoms in total. The van der Waals surface area contributed by atoms with Crippen LogP contribution in [-0.2, 0) is 0 Å². The van der Waals surface area contributed by atoms with E-state index in [4.69, 9.17) is 5.11 Å². The summed E-state index contributed by atoms with van der Waals surface area (Å²) in [5.74, 6) is 0.779. The summed E-state index contributed by atoms with van der Waals surface area (Å²) in [5.41, 5.74) is 0. The minimum atomic E-state index is -0.127. The summed E-state index contributed by atoms with van der Waals surface area (Å²) in [4.78, 5) is 3.19. The molecule has 0 heterocycles. The van der Waals surface area contributed by atoms with Crippen LogP contribution >= 0.6 is 11.8 Å². The molecule has 1 N–H and O–H groups in total. The van der Waals surface area contributed by atoms with E-state index < -0.39 is 0 Å². The molecule has 1 aliphatic carbocycles. The predicted octanol–water partition coefficient (Wildman–Crippen LogP) is 3.15. The number of benzene rings is 1. The molecule has 0 bridgehead atoms. The molecule has 1 aromatic carbocycles. The van der Waals surface area contributed by atoms with Crippen molar-refractivity contribution in [2.24, 2.45) is 0 Å². The van der Waals surface area contributed by atoms with Crippen LogP contribution in [0.3, 0.4) is 0 Å². The first kappa shape index (κ1) is 14.8. The molecule has 0 aliphatic heterocycles. The summed E-state index contributed by atoms with van der Waals surface area (Å²) < 4.78 is 13.5. The lowest BCUT2D eigenvalue weighted by molar-refractivity contribution is 0.124. The Balaban J connectivity index is 1.76. The van der Waals surface area contributed by atoms with Crippen LogP contribution in [-0.4, -0.2) is 41.5 Å². The third kappa shape index (κ3) is 4.48. The van der Waals surface area contributed by atoms with Crippen LogP contribution in [0.4, 0.5) is 4.39 Å². The van der Waals surface area contributed by atoms with Crippen LogP contribution in [0.15, 0.2) is 29.2 Å². The van der Waals surface area contributed by atoms with Crippen molar-refractivity contribution in [1.82, 2.24) is 4.90 Å². The molecule has 19 heavy (non-hydrogen) atoms. The molecule has 106 valence electrons. The zero-order chi connectivity index (χ0) is 13.5. The van der Waals surface area contributed by atoms with Crippen molar-refractivity contribution < 1.29 is 9.50 Å². The standard InChI is InChI=1S/C15H22FNOS/c16-14-7-1-2-8-15(14)19-12-10-17(9-4-11-18)13-5-3-6-13/h1-2,7-8,13,18H,3-6,9-12H2. The van der Waals surface area contributed by atoms with Crippen molar-refractivity contribution in [1.29, 1.82) is 0 Å². The second kappa shape index (κ2) is 7.88. The molecular formula is C15H22FNOS. The van der Waals surface area contributed by atoms with E-state index in [-0.39, 0.29) is 12.4 Å². The fraction of sp³-hybridized carbons (Fsp3) is 0.600. The summed E-state index contributed by atoms with van der Waals surface area (Å²) in [5, 5.41) is 8.95. The summed E-state index contributed by atoms with van der Waals surface area (Å²) in [6.07, 6.45) is 4.70. The Hall–Kier alpha value is -0.580. The fourth-order valence-corrected chi connectivity index (χ4v) is 3.26. The molecule has 1 saturated carbocycles. The van der Waals surface area contributed by atoms with Crippen LogP contribution in [0, 0.1) is 5.82 Å². The average molecular weight is 283 g/mol. The Bertz CT molecular complexity index is 384. The van der Waals surface area contributed by atoms with Crippen LogP contribution < -0.4 is 0 Å². The first-order valence-electron chi connectivity index (χ1n) is 7.03. The number of nitrogens with zero attached hydrogens (tertiary/aromatic N) is 1. The third-order valence-electron chi connectivity index (χ3n) is 3.67. The molecule has 2 rings (SSSR count). The zero-order valence-corrected chi connectivity index (χ0v) is 12.0. The highest BCUT2D eigenvalue weighted by atomic mass is 32.2. The lowest BCUT2D eigenvalue weighted by atomic mass is 9.91. The first-order valence-corrected chi connectivity index (χ1v) is 8.02. The van der Waals surface area contributed by atoms with Crippen LogP contribution in [0.25, 0.3) is 0 Å². The SMILES string of the molecule is OCCCN(CCSc1ccccc1F)C1CCC1. The monoisotopic (exact) mass is 283 g/mol. The zero-order valence-electron chi connectivity index (χ0n) is 11.2. The number of rotatable bonds is 8. The van der Waals surface area contributed by atoms with Crippen LogP contribution in [0.5, 0.6) is 0 Å². The Kier molecular flexibility index (Phi) is 6.14. The van der Waals surface area contributed by atoms with E-state index in [1.165, 1.54) is 25.3 Å². The van der Waals surface area contributed by atoms with Gasteiger partial charge < -0.3 is 5.11 Å². The molecule has 4 heteroatoms. The van der Waals surface area contributed by atoms with Crippen molar-refractivity contribution in [3.05, 3.63) is 30.1 Å². The van der Waals surface area contributed by atoms with Gasteiger partial charge >= 0.3 is 0 Å². The molecule has 0 amide bonds. The normalized spacial score (nSPS) is 15.7. The summed E-state index contributed by atoms with van der Waals surface area (Å²) >= 11 is 1.58. The van der Waals surface area contributed by atoms with E-state index >= 15 is 0 Å². The van der Waals surface area contributed by atoms with E-state index in [1.54, 1.807) is 17.8 Å². The van der Waals surface area contributed by atoms with Crippen LogP contribution in [0.1, 0.15) is 25.7 Å². The second-order valence-electron chi connectivity index (χ2n) is 4.98. The highest BCUT2D eigenvalue weighted by Crippen LogP contribution is 2.26. The Labute approximate surface area is 119 Å². The van der Waals surface area contributed by atoms with Gasteiger partial charge in [-0.05, 0) is 31.4 Å². The number of aliphatic hydroxyl groups is 1. The molecule has 0 radical (unpaired) electrons. The van der Waals surface area contributed by atoms with Gasteiger partial charge in [-0.3, -0.25) is 4.90 Å². The summed E-state index contributed by atoms with van der Waals surface area (Å²) in [6.45, 7) is 2.19. The minimum absolute atomic E-state index is 0.127. The Morgan fingerprint density at radius 1 is 1.26 bits per heavy atom. The topological polar surface area (TPSA) is 23.5 Å². The van der Waals surface area contributed by atoms with Crippen molar-refractivity contribution >= 4 is 11.8 Å². The van der Waals surface area contributed by atoms with Crippen molar-refractivity contribution in [3.63, 3.8) is 0 Å². The molecule has 1 aromatic rings. The average Bonchev–Trinajstić information content (AvgIpc) is 2.35. The molecule has 0 saturated heterocycles. The van der Waals surface area contributed by atoms with Gasteiger partial charge in [0.2, 0.25) is 0 Å². The number of aliphatic hydroxyl groups excluding tert-OH is 1. The highest BCUT2D eigenvalue weighted by molar-refractivity contribution is 7.99. The van der Waals surface area contributed by atoms with E-state index in [2.05, 4.69) is 4.90 Å².